The third kappa shape index (κ3) is 60.6. The van der Waals surface area contributed by atoms with E-state index in [0.717, 1.165) is 96.3 Å². The summed E-state index contributed by atoms with van der Waals surface area (Å²) in [6.45, 7) is 6.34. The summed E-state index contributed by atoms with van der Waals surface area (Å²) in [4.78, 5) is 38.2. The second kappa shape index (κ2) is 62.4. The zero-order valence-electron chi connectivity index (χ0n) is 48.8. The van der Waals surface area contributed by atoms with Crippen molar-refractivity contribution in [2.75, 3.05) is 13.2 Å². The summed E-state index contributed by atoms with van der Waals surface area (Å²) in [5.41, 5.74) is 0. The smallest absolute Gasteiger partial charge is 0.306 e. The van der Waals surface area contributed by atoms with Crippen molar-refractivity contribution in [2.45, 2.75) is 284 Å². The maximum atomic E-state index is 12.9. The molecule has 6 heteroatoms. The zero-order chi connectivity index (χ0) is 54.3. The van der Waals surface area contributed by atoms with Gasteiger partial charge in [-0.05, 0) is 96.3 Å². The van der Waals surface area contributed by atoms with Crippen LogP contribution in [0.4, 0.5) is 0 Å². The van der Waals surface area contributed by atoms with Crippen molar-refractivity contribution in [3.63, 3.8) is 0 Å². The highest BCUT2D eigenvalue weighted by atomic mass is 16.6. The molecule has 0 aromatic rings. The SMILES string of the molecule is CC/C=C\C/C=C\C/C=C\C/C=C\C/C=C\CCCC(=O)OCC(COC(=O)CCCCCCCCCCCCCCCCCCCCCCCCC)OC(=O)CCC/C=C\C/C=C\C/C=C\C/C=C\C/C=C\CC. The summed E-state index contributed by atoms with van der Waals surface area (Å²) < 4.78 is 16.8. The van der Waals surface area contributed by atoms with Crippen LogP contribution in [0.25, 0.3) is 0 Å². The van der Waals surface area contributed by atoms with Crippen LogP contribution in [-0.4, -0.2) is 37.2 Å². The molecule has 0 rings (SSSR count). The number of allylic oxidation sites excluding steroid dienone is 20. The maximum absolute atomic E-state index is 12.9. The van der Waals surface area contributed by atoms with E-state index in [0.29, 0.717) is 19.3 Å². The van der Waals surface area contributed by atoms with Crippen molar-refractivity contribution in [3.05, 3.63) is 122 Å². The van der Waals surface area contributed by atoms with E-state index in [4.69, 9.17) is 14.2 Å². The van der Waals surface area contributed by atoms with Crippen LogP contribution in [0.5, 0.6) is 0 Å². The molecule has 0 saturated heterocycles. The molecule has 6 nitrogen and oxygen atoms in total. The van der Waals surface area contributed by atoms with E-state index in [1.165, 1.54) is 128 Å². The average molecular weight is 1040 g/mol. The molecule has 0 aromatic heterocycles. The normalized spacial score (nSPS) is 12.9. The van der Waals surface area contributed by atoms with Gasteiger partial charge in [0.05, 0.1) is 0 Å². The molecule has 0 amide bonds. The van der Waals surface area contributed by atoms with Gasteiger partial charge in [0.25, 0.3) is 0 Å². The van der Waals surface area contributed by atoms with E-state index in [-0.39, 0.29) is 44.0 Å². The number of carbonyl (C=O) groups is 3. The topological polar surface area (TPSA) is 78.9 Å². The molecule has 1 atom stereocenters. The van der Waals surface area contributed by atoms with Crippen LogP contribution in [-0.2, 0) is 28.6 Å². The summed E-state index contributed by atoms with van der Waals surface area (Å²) in [6.07, 6.45) is 86.5. The van der Waals surface area contributed by atoms with Crippen molar-refractivity contribution in [3.8, 4) is 0 Å². The van der Waals surface area contributed by atoms with Crippen molar-refractivity contribution in [1.29, 1.82) is 0 Å². The Morgan fingerprint density at radius 2 is 0.520 bits per heavy atom. The van der Waals surface area contributed by atoms with Crippen LogP contribution in [0.3, 0.4) is 0 Å². The molecule has 0 aliphatic carbocycles. The minimum Gasteiger partial charge on any atom is -0.462 e. The quantitative estimate of drug-likeness (QED) is 0.0261. The van der Waals surface area contributed by atoms with Gasteiger partial charge >= 0.3 is 17.9 Å². The highest BCUT2D eigenvalue weighted by molar-refractivity contribution is 5.71. The number of hydrogen-bond acceptors (Lipinski definition) is 6. The van der Waals surface area contributed by atoms with E-state index in [2.05, 4.69) is 142 Å². The summed E-state index contributed by atoms with van der Waals surface area (Å²) in [6, 6.07) is 0. The van der Waals surface area contributed by atoms with E-state index >= 15 is 0 Å². The molecule has 0 saturated carbocycles. The molecule has 1 unspecified atom stereocenters. The first kappa shape index (κ1) is 70.8. The first-order chi connectivity index (χ1) is 37.0. The van der Waals surface area contributed by atoms with Crippen LogP contribution < -0.4 is 0 Å². The van der Waals surface area contributed by atoms with Crippen molar-refractivity contribution < 1.29 is 28.6 Å². The summed E-state index contributed by atoms with van der Waals surface area (Å²) in [7, 11) is 0. The molecular formula is C69H114O6. The van der Waals surface area contributed by atoms with Gasteiger partial charge in [-0.1, -0.05) is 284 Å². The van der Waals surface area contributed by atoms with Gasteiger partial charge in [-0.3, -0.25) is 14.4 Å². The van der Waals surface area contributed by atoms with E-state index in [9.17, 15) is 14.4 Å². The van der Waals surface area contributed by atoms with Crippen LogP contribution in [0.15, 0.2) is 122 Å². The Hall–Kier alpha value is -4.19. The second-order valence-electron chi connectivity index (χ2n) is 20.2. The maximum Gasteiger partial charge on any atom is 0.306 e. The van der Waals surface area contributed by atoms with Crippen LogP contribution in [0, 0.1) is 0 Å². The van der Waals surface area contributed by atoms with Gasteiger partial charge in [0.15, 0.2) is 6.10 Å². The molecule has 0 spiro atoms. The fourth-order valence-electron chi connectivity index (χ4n) is 8.40. The Bertz CT molecular complexity index is 1570. The summed E-state index contributed by atoms with van der Waals surface area (Å²) in [5.74, 6) is -1.04. The average Bonchev–Trinajstić information content (AvgIpc) is 3.41. The lowest BCUT2D eigenvalue weighted by molar-refractivity contribution is -0.167. The fraction of sp³-hybridized carbons (Fsp3) is 0.667. The molecule has 0 fully saturated rings. The standard InChI is InChI=1S/C69H114O6/c1-4-7-10-13-16-19-22-25-28-31-32-33-34-35-36-39-41-44-47-50-53-56-59-62-68(71)74-65-66(75-69(72)63-60-57-54-51-48-45-42-38-30-27-24-21-18-15-12-9-6-3)64-73-67(70)61-58-55-52-49-46-43-40-37-29-26-23-20-17-14-11-8-5-2/h8-9,11-12,17-18,20-21,26-27,29-30,40,42-43,45,49,51-52,54,66H,4-7,10,13-16,19,22-25,28,31-39,41,44,46-48,50,53,55-65H2,1-3H3/b11-8-,12-9-,20-17-,21-18-,29-26-,30-27-,43-40-,45-42-,52-49-,54-51-. The number of rotatable bonds is 55. The third-order valence-corrected chi connectivity index (χ3v) is 13.0. The Morgan fingerprint density at radius 3 is 0.813 bits per heavy atom. The Labute approximate surface area is 462 Å². The van der Waals surface area contributed by atoms with Crippen molar-refractivity contribution in [2.24, 2.45) is 0 Å². The van der Waals surface area contributed by atoms with Crippen molar-refractivity contribution in [1.82, 2.24) is 0 Å². The molecule has 0 N–H and O–H groups in total. The molecule has 0 bridgehead atoms. The van der Waals surface area contributed by atoms with Crippen LogP contribution in [0.2, 0.25) is 0 Å². The summed E-state index contributed by atoms with van der Waals surface area (Å²) in [5, 5.41) is 0. The lowest BCUT2D eigenvalue weighted by atomic mass is 10.0. The first-order valence-electron chi connectivity index (χ1n) is 31.0. The second-order valence-corrected chi connectivity index (χ2v) is 20.2. The Kier molecular flexibility index (Phi) is 58.9. The molecule has 426 valence electrons. The molecule has 0 aliphatic rings. The zero-order valence-corrected chi connectivity index (χ0v) is 48.8. The minimum atomic E-state index is -0.834. The number of carbonyl (C=O) groups excluding carboxylic acids is 3. The number of unbranched alkanes of at least 4 members (excludes halogenated alkanes) is 24. The number of ether oxygens (including phenoxy) is 3. The van der Waals surface area contributed by atoms with E-state index in [1.54, 1.807) is 0 Å². The van der Waals surface area contributed by atoms with Crippen LogP contribution >= 0.6 is 0 Å². The van der Waals surface area contributed by atoms with Gasteiger partial charge in [-0.2, -0.15) is 0 Å². The van der Waals surface area contributed by atoms with Gasteiger partial charge in [0.1, 0.15) is 13.2 Å². The monoisotopic (exact) mass is 1040 g/mol. The third-order valence-electron chi connectivity index (χ3n) is 13.0. The Morgan fingerprint density at radius 1 is 0.280 bits per heavy atom. The minimum absolute atomic E-state index is 0.119. The predicted octanol–water partition coefficient (Wildman–Crippen LogP) is 21.2. The van der Waals surface area contributed by atoms with Gasteiger partial charge in [-0.15, -0.1) is 0 Å². The highest BCUT2D eigenvalue weighted by Crippen LogP contribution is 2.16. The van der Waals surface area contributed by atoms with Gasteiger partial charge < -0.3 is 14.2 Å². The number of hydrogen-bond donors (Lipinski definition) is 0. The lowest BCUT2D eigenvalue weighted by Gasteiger charge is -2.18. The van der Waals surface area contributed by atoms with Crippen molar-refractivity contribution >= 4 is 17.9 Å². The van der Waals surface area contributed by atoms with Gasteiger partial charge in [0, 0.05) is 19.3 Å². The first-order valence-corrected chi connectivity index (χ1v) is 31.0. The fourth-order valence-corrected chi connectivity index (χ4v) is 8.40. The highest BCUT2D eigenvalue weighted by Gasteiger charge is 2.19. The van der Waals surface area contributed by atoms with Gasteiger partial charge in [0.2, 0.25) is 0 Å². The molecule has 0 heterocycles. The summed E-state index contributed by atoms with van der Waals surface area (Å²) >= 11 is 0. The molecular weight excluding hydrogens is 925 g/mol. The van der Waals surface area contributed by atoms with E-state index in [1.807, 2.05) is 0 Å². The largest absolute Gasteiger partial charge is 0.462 e. The molecule has 0 aromatic carbocycles. The van der Waals surface area contributed by atoms with Gasteiger partial charge in [-0.25, -0.2) is 0 Å². The molecule has 0 aliphatic heterocycles. The molecule has 75 heavy (non-hydrogen) atoms. The lowest BCUT2D eigenvalue weighted by Crippen LogP contribution is -2.30. The van der Waals surface area contributed by atoms with Crippen LogP contribution in [0.1, 0.15) is 278 Å². The van der Waals surface area contributed by atoms with E-state index < -0.39 is 6.10 Å². The molecule has 0 radical (unpaired) electrons. The predicted molar refractivity (Wildman–Crippen MR) is 325 cm³/mol. The Balaban J connectivity index is 4.47. The number of esters is 3.